The first-order valence-corrected chi connectivity index (χ1v) is 28.8. The van der Waals surface area contributed by atoms with Gasteiger partial charge in [-0.05, 0) is 157 Å². The van der Waals surface area contributed by atoms with E-state index in [2.05, 4.69) is 47.1 Å². The minimum absolute atomic E-state index is 0.278. The van der Waals surface area contributed by atoms with Gasteiger partial charge in [0.15, 0.2) is 0 Å². The number of nitrogens with zero attached hydrogens (tertiary/aromatic N) is 2. The normalized spacial score (nSPS) is 13.7. The summed E-state index contributed by atoms with van der Waals surface area (Å²) in [6, 6.07) is 26.3. The molecule has 0 aliphatic carbocycles. The number of aromatic amines is 2. The number of amides is 2. The van der Waals surface area contributed by atoms with Crippen LogP contribution in [0.2, 0.25) is 0 Å². The number of halogens is 5. The zero-order valence-corrected chi connectivity index (χ0v) is 52.4. The number of nitrogens with one attached hydrogen (secondary N) is 3. The molecule has 1 aliphatic rings. The molecule has 1 aliphatic heterocycles. The van der Waals surface area contributed by atoms with E-state index in [-0.39, 0.29) is 23.8 Å². The van der Waals surface area contributed by atoms with Gasteiger partial charge < -0.3 is 58.1 Å². The lowest BCUT2D eigenvalue weighted by atomic mass is 9.78. The summed E-state index contributed by atoms with van der Waals surface area (Å²) < 4.78 is 85.0. The SMILES string of the molecule is CN(CCCOc1ccc(-c2c[nH]c3cc(Br)ccc23)c(F)c1)C(=O)OC(C)(C)C.CN(CCCOc1ccc(B2OC(C)(C)C(C)(C)O2)c(F)c1)C(=O)OC(C)(C)C.CNCCCOc1ccc(-c2c[nH]c3cc(Br)ccc23)c(F)c1. The number of fused-ring (bicyclic) bond motifs is 2. The zero-order chi connectivity index (χ0) is 60.2. The maximum absolute atomic E-state index is 14.7. The quantitative estimate of drug-likeness (QED) is 0.0560. The third-order valence-corrected chi connectivity index (χ3v) is 14.3. The summed E-state index contributed by atoms with van der Waals surface area (Å²) in [7, 11) is 4.50. The zero-order valence-electron chi connectivity index (χ0n) is 49.2. The van der Waals surface area contributed by atoms with Gasteiger partial charge in [0.25, 0.3) is 0 Å². The maximum Gasteiger partial charge on any atom is 0.497 e. The van der Waals surface area contributed by atoms with Crippen molar-refractivity contribution in [1.29, 1.82) is 0 Å². The number of H-pyrrole nitrogens is 2. The van der Waals surface area contributed by atoms with Crippen molar-refractivity contribution in [2.45, 2.75) is 111 Å². The van der Waals surface area contributed by atoms with Crippen LogP contribution in [-0.4, -0.2) is 122 Å². The molecule has 0 bridgehead atoms. The fourth-order valence-electron chi connectivity index (χ4n) is 8.29. The Morgan fingerprint density at radius 2 is 0.963 bits per heavy atom. The summed E-state index contributed by atoms with van der Waals surface area (Å²) in [6.07, 6.45) is 4.98. The molecule has 1 saturated heterocycles. The average molecular weight is 1260 g/mol. The molecule has 2 aromatic heterocycles. The third kappa shape index (κ3) is 18.4. The number of hydrogen-bond acceptors (Lipinski definition) is 10. The van der Waals surface area contributed by atoms with Crippen molar-refractivity contribution < 1.29 is 55.8 Å². The lowest BCUT2D eigenvalue weighted by Gasteiger charge is -2.32. The summed E-state index contributed by atoms with van der Waals surface area (Å²) in [4.78, 5) is 33.2. The highest BCUT2D eigenvalue weighted by Crippen LogP contribution is 2.38. The Bertz CT molecular complexity index is 3250. The van der Waals surface area contributed by atoms with Crippen molar-refractivity contribution in [3.8, 4) is 39.5 Å². The fourth-order valence-corrected chi connectivity index (χ4v) is 9.02. The lowest BCUT2D eigenvalue weighted by molar-refractivity contribution is 0.00578. The summed E-state index contributed by atoms with van der Waals surface area (Å²) in [5, 5.41) is 5.00. The number of ether oxygens (including phenoxy) is 5. The van der Waals surface area contributed by atoms with E-state index in [1.54, 1.807) is 44.4 Å². The van der Waals surface area contributed by atoms with E-state index in [4.69, 9.17) is 33.0 Å². The van der Waals surface area contributed by atoms with Crippen LogP contribution in [0.4, 0.5) is 22.8 Å². The Labute approximate surface area is 497 Å². The van der Waals surface area contributed by atoms with Crippen molar-refractivity contribution in [2.24, 2.45) is 0 Å². The van der Waals surface area contributed by atoms with Gasteiger partial charge in [-0.1, -0.05) is 50.1 Å². The number of rotatable bonds is 18. The first-order valence-electron chi connectivity index (χ1n) is 27.2. The van der Waals surface area contributed by atoms with Crippen LogP contribution < -0.4 is 25.0 Å². The number of aromatic nitrogens is 2. The second-order valence-electron chi connectivity index (χ2n) is 22.9. The molecule has 2 amide bonds. The van der Waals surface area contributed by atoms with E-state index in [0.717, 1.165) is 54.8 Å². The van der Waals surface area contributed by atoms with Gasteiger partial charge >= 0.3 is 19.3 Å². The second-order valence-corrected chi connectivity index (χ2v) is 24.7. The van der Waals surface area contributed by atoms with Crippen LogP contribution in [0.1, 0.15) is 88.5 Å². The molecule has 20 heteroatoms. The molecule has 442 valence electrons. The molecule has 14 nitrogen and oxygen atoms in total. The molecule has 8 rings (SSSR count). The third-order valence-electron chi connectivity index (χ3n) is 13.3. The van der Waals surface area contributed by atoms with Crippen LogP contribution in [0, 0.1) is 17.5 Å². The van der Waals surface area contributed by atoms with Crippen LogP contribution in [-0.2, 0) is 18.8 Å². The van der Waals surface area contributed by atoms with Crippen LogP contribution in [0.15, 0.2) is 112 Å². The molecule has 0 radical (unpaired) electrons. The molecule has 3 heterocycles. The second kappa shape index (κ2) is 28.4. The fraction of sp³-hybridized carbons (Fsp3) is 0.419. The molecule has 3 N–H and O–H groups in total. The highest BCUT2D eigenvalue weighted by atomic mass is 79.9. The van der Waals surface area contributed by atoms with Gasteiger partial charge in [-0.15, -0.1) is 0 Å². The lowest BCUT2D eigenvalue weighted by Crippen LogP contribution is -2.41. The average Bonchev–Trinajstić information content (AvgIpc) is 3.10. The van der Waals surface area contributed by atoms with Gasteiger partial charge in [0, 0.05) is 116 Å². The van der Waals surface area contributed by atoms with E-state index in [1.165, 1.54) is 28.0 Å². The predicted octanol–water partition coefficient (Wildman–Crippen LogP) is 14.9. The van der Waals surface area contributed by atoms with Gasteiger partial charge in [-0.25, -0.2) is 22.8 Å². The molecule has 1 fully saturated rings. The topological polar surface area (TPSA) is 149 Å². The van der Waals surface area contributed by atoms with Crippen LogP contribution in [0.25, 0.3) is 44.1 Å². The van der Waals surface area contributed by atoms with Gasteiger partial charge in [0.2, 0.25) is 0 Å². The standard InChI is InChI=1S/C23H26BrFN2O3.C21H33BFNO5.C18H18BrFN2O/c1-23(2,3)30-22(28)27(4)10-5-11-29-16-7-9-17(20(25)13-16)19-14-26-21-12-15(24)6-8-18(19)21;1-19(2,3)27-18(25)24(8)12-9-13-26-15-10-11-16(17(23)14-15)22-28-20(4,5)21(6,7)29-22;1-21-7-2-8-23-13-4-6-14(17(20)10-13)16-11-22-18-9-12(19)3-5-15(16)18/h6-9,12-14,26H,5,10-11H2,1-4H3;10-11,14H,9,12-13H2,1-8H3;3-6,9-11,21-22H,2,7-8H2,1H3. The number of benzene rings is 5. The van der Waals surface area contributed by atoms with Crippen LogP contribution in [0.3, 0.4) is 0 Å². The Hall–Kier alpha value is -6.19. The van der Waals surface area contributed by atoms with Gasteiger partial charge in [0.1, 0.15) is 45.9 Å². The van der Waals surface area contributed by atoms with E-state index >= 15 is 0 Å². The maximum atomic E-state index is 14.7. The number of carbonyl (C=O) groups excluding carboxylic acids is 2. The van der Waals surface area contributed by atoms with Gasteiger partial charge in [-0.2, -0.15) is 0 Å². The Morgan fingerprint density at radius 1 is 0.573 bits per heavy atom. The van der Waals surface area contributed by atoms with Crippen molar-refractivity contribution in [3.63, 3.8) is 0 Å². The largest absolute Gasteiger partial charge is 0.497 e. The monoisotopic (exact) mass is 1260 g/mol. The Kier molecular flexibility index (Phi) is 22.5. The predicted molar refractivity (Wildman–Crippen MR) is 327 cm³/mol. The molecule has 0 spiro atoms. The Balaban J connectivity index is 0.000000199. The minimum Gasteiger partial charge on any atom is -0.493 e. The highest BCUT2D eigenvalue weighted by Gasteiger charge is 2.52. The van der Waals surface area contributed by atoms with Crippen LogP contribution >= 0.6 is 31.9 Å². The molecule has 82 heavy (non-hydrogen) atoms. The minimum atomic E-state index is -0.753. The van der Waals surface area contributed by atoms with E-state index in [0.29, 0.717) is 79.6 Å². The smallest absolute Gasteiger partial charge is 0.493 e. The molecule has 0 unspecified atom stereocenters. The number of hydrogen-bond donors (Lipinski definition) is 3. The molecule has 7 aromatic rings. The van der Waals surface area contributed by atoms with E-state index in [1.807, 2.05) is 131 Å². The molecule has 5 aromatic carbocycles. The first-order chi connectivity index (χ1) is 38.5. The van der Waals surface area contributed by atoms with Crippen molar-refractivity contribution in [2.75, 3.05) is 60.6 Å². The van der Waals surface area contributed by atoms with E-state index < -0.39 is 35.3 Å². The first kappa shape index (κ1) is 65.0. The summed E-state index contributed by atoms with van der Waals surface area (Å²) in [6.45, 7) is 21.8. The van der Waals surface area contributed by atoms with Crippen molar-refractivity contribution in [3.05, 3.63) is 130 Å². The van der Waals surface area contributed by atoms with Crippen molar-refractivity contribution >= 4 is 78.4 Å². The van der Waals surface area contributed by atoms with Crippen molar-refractivity contribution in [1.82, 2.24) is 25.1 Å². The van der Waals surface area contributed by atoms with E-state index in [9.17, 15) is 22.8 Å². The molecule has 0 saturated carbocycles. The summed E-state index contributed by atoms with van der Waals surface area (Å²) in [5.41, 5.74) is 2.89. The summed E-state index contributed by atoms with van der Waals surface area (Å²) in [5.74, 6) is 0.375. The van der Waals surface area contributed by atoms with Gasteiger partial charge in [-0.3, -0.25) is 0 Å². The number of carbonyl (C=O) groups is 2. The summed E-state index contributed by atoms with van der Waals surface area (Å²) >= 11 is 6.88. The highest BCUT2D eigenvalue weighted by molar-refractivity contribution is 9.10. The molecular formula is C62H77BBr2F3N5O9. The molecule has 0 atom stereocenters. The van der Waals surface area contributed by atoms with Gasteiger partial charge in [0.05, 0.1) is 31.0 Å². The Morgan fingerprint density at radius 3 is 1.34 bits per heavy atom. The van der Waals surface area contributed by atoms with Crippen LogP contribution in [0.5, 0.6) is 17.2 Å². The molecular weight excluding hydrogens is 1190 g/mol.